The highest BCUT2D eigenvalue weighted by atomic mass is 35.5. The Labute approximate surface area is 121 Å². The quantitative estimate of drug-likeness (QED) is 0.821. The van der Waals surface area contributed by atoms with Gasteiger partial charge in [0.25, 0.3) is 0 Å². The van der Waals surface area contributed by atoms with Gasteiger partial charge in [0.1, 0.15) is 16.8 Å². The monoisotopic (exact) mass is 301 g/mol. The molecule has 0 aromatic carbocycles. The van der Waals surface area contributed by atoms with Gasteiger partial charge < -0.3 is 5.32 Å². The number of anilines is 1. The van der Waals surface area contributed by atoms with Gasteiger partial charge in [0.2, 0.25) is 0 Å². The van der Waals surface area contributed by atoms with Crippen molar-refractivity contribution in [1.29, 1.82) is 0 Å². The van der Waals surface area contributed by atoms with Crippen molar-refractivity contribution in [1.82, 2.24) is 9.97 Å². The summed E-state index contributed by atoms with van der Waals surface area (Å²) < 4.78 is 11.1. The number of nitrogens with one attached hydrogen (secondary N) is 1. The Bertz CT molecular complexity index is 491. The maximum Gasteiger partial charge on any atom is 0.137 e. The van der Waals surface area contributed by atoms with Gasteiger partial charge in [0, 0.05) is 40.3 Å². The number of halogens is 1. The Balaban J connectivity index is 2.07. The molecule has 1 aliphatic carbocycles. The molecule has 6 heteroatoms. The van der Waals surface area contributed by atoms with Crippen molar-refractivity contribution < 1.29 is 4.21 Å². The molecule has 2 rings (SSSR count). The highest BCUT2D eigenvalue weighted by Gasteiger charge is 2.28. The summed E-state index contributed by atoms with van der Waals surface area (Å²) in [5.74, 6) is 2.85. The van der Waals surface area contributed by atoms with Gasteiger partial charge in [-0.1, -0.05) is 11.6 Å². The molecule has 0 spiro atoms. The lowest BCUT2D eigenvalue weighted by atomic mass is 10.2. The smallest absolute Gasteiger partial charge is 0.137 e. The molecular weight excluding hydrogens is 282 g/mol. The summed E-state index contributed by atoms with van der Waals surface area (Å²) in [6.07, 6.45) is 4.89. The van der Waals surface area contributed by atoms with Gasteiger partial charge in [0.05, 0.1) is 0 Å². The first-order chi connectivity index (χ1) is 8.97. The molecule has 19 heavy (non-hydrogen) atoms. The van der Waals surface area contributed by atoms with Crippen LogP contribution in [0.3, 0.4) is 0 Å². The molecule has 0 amide bonds. The van der Waals surface area contributed by atoms with E-state index in [1.807, 2.05) is 6.92 Å². The van der Waals surface area contributed by atoms with Gasteiger partial charge in [-0.05, 0) is 33.1 Å². The molecule has 0 bridgehead atoms. The van der Waals surface area contributed by atoms with Crippen LogP contribution in [0.25, 0.3) is 0 Å². The van der Waals surface area contributed by atoms with Gasteiger partial charge >= 0.3 is 0 Å². The third-order valence-electron chi connectivity index (χ3n) is 3.27. The fourth-order valence-electron chi connectivity index (χ4n) is 1.82. The van der Waals surface area contributed by atoms with E-state index < -0.39 is 10.8 Å². The SMILES string of the molecule is Cc1c(Cl)nc(C2CC2)nc1NC(C)CCS(C)=O. The van der Waals surface area contributed by atoms with Gasteiger partial charge in [-0.25, -0.2) is 9.97 Å². The lowest BCUT2D eigenvalue weighted by molar-refractivity contribution is 0.678. The Morgan fingerprint density at radius 3 is 2.74 bits per heavy atom. The summed E-state index contributed by atoms with van der Waals surface area (Å²) in [5.41, 5.74) is 0.885. The van der Waals surface area contributed by atoms with Crippen LogP contribution in [0, 0.1) is 6.92 Å². The second-order valence-corrected chi connectivity index (χ2v) is 7.14. The molecule has 1 fully saturated rings. The summed E-state index contributed by atoms with van der Waals surface area (Å²) in [5, 5.41) is 3.89. The number of rotatable bonds is 6. The van der Waals surface area contributed by atoms with Crippen LogP contribution in [0.1, 0.15) is 43.5 Å². The molecule has 2 atom stereocenters. The predicted molar refractivity (Wildman–Crippen MR) is 80.4 cm³/mol. The Morgan fingerprint density at radius 2 is 2.16 bits per heavy atom. The molecule has 0 aliphatic heterocycles. The van der Waals surface area contributed by atoms with E-state index in [1.165, 1.54) is 0 Å². The minimum absolute atomic E-state index is 0.223. The van der Waals surface area contributed by atoms with Crippen molar-refractivity contribution in [3.63, 3.8) is 0 Å². The van der Waals surface area contributed by atoms with Gasteiger partial charge in [-0.3, -0.25) is 4.21 Å². The normalized spacial score (nSPS) is 18.1. The highest BCUT2D eigenvalue weighted by Crippen LogP contribution is 2.39. The van der Waals surface area contributed by atoms with E-state index in [1.54, 1.807) is 6.26 Å². The molecule has 1 N–H and O–H groups in total. The third kappa shape index (κ3) is 4.14. The number of aromatic nitrogens is 2. The average Bonchev–Trinajstić information content (AvgIpc) is 3.16. The second-order valence-electron chi connectivity index (χ2n) is 5.23. The summed E-state index contributed by atoms with van der Waals surface area (Å²) in [6.45, 7) is 3.99. The van der Waals surface area contributed by atoms with E-state index in [2.05, 4.69) is 22.2 Å². The van der Waals surface area contributed by atoms with Crippen LogP contribution < -0.4 is 5.32 Å². The van der Waals surface area contributed by atoms with E-state index in [0.29, 0.717) is 16.8 Å². The number of nitrogens with zero attached hydrogens (tertiary/aromatic N) is 2. The first-order valence-electron chi connectivity index (χ1n) is 6.58. The first-order valence-corrected chi connectivity index (χ1v) is 8.68. The van der Waals surface area contributed by atoms with Crippen LogP contribution in [0.4, 0.5) is 5.82 Å². The Morgan fingerprint density at radius 1 is 1.47 bits per heavy atom. The van der Waals surface area contributed by atoms with Crippen LogP contribution in [-0.2, 0) is 10.8 Å². The van der Waals surface area contributed by atoms with Crippen molar-refractivity contribution in [2.24, 2.45) is 0 Å². The predicted octanol–water partition coefficient (Wildman–Crippen LogP) is 2.88. The van der Waals surface area contributed by atoms with Crippen molar-refractivity contribution >= 4 is 28.2 Å². The van der Waals surface area contributed by atoms with Gasteiger partial charge in [-0.15, -0.1) is 0 Å². The molecule has 0 radical (unpaired) electrons. The maximum absolute atomic E-state index is 11.1. The largest absolute Gasteiger partial charge is 0.367 e. The van der Waals surface area contributed by atoms with Crippen LogP contribution in [0.5, 0.6) is 0 Å². The lowest BCUT2D eigenvalue weighted by Gasteiger charge is -2.16. The zero-order chi connectivity index (χ0) is 14.0. The van der Waals surface area contributed by atoms with E-state index in [-0.39, 0.29) is 6.04 Å². The standard InChI is InChI=1S/C13H20ClN3OS/c1-8(6-7-19(3)18)15-12-9(2)11(14)16-13(17-12)10-4-5-10/h8,10H,4-7H2,1-3H3,(H,15,16,17). The van der Waals surface area contributed by atoms with Crippen LogP contribution in [0.15, 0.2) is 0 Å². The fraction of sp³-hybridized carbons (Fsp3) is 0.692. The molecule has 4 nitrogen and oxygen atoms in total. The molecule has 0 saturated heterocycles. The fourth-order valence-corrected chi connectivity index (χ4v) is 2.68. The minimum atomic E-state index is -0.754. The first kappa shape index (κ1) is 14.7. The molecule has 1 aromatic rings. The van der Waals surface area contributed by atoms with Crippen molar-refractivity contribution in [2.75, 3.05) is 17.3 Å². The molecule has 1 aromatic heterocycles. The van der Waals surface area contributed by atoms with Crippen LogP contribution >= 0.6 is 11.6 Å². The number of hydrogen-bond donors (Lipinski definition) is 1. The summed E-state index contributed by atoms with van der Waals surface area (Å²) in [6, 6.07) is 0.223. The van der Waals surface area contributed by atoms with Gasteiger partial charge in [0.15, 0.2) is 0 Å². The summed E-state index contributed by atoms with van der Waals surface area (Å²) in [7, 11) is -0.754. The average molecular weight is 302 g/mol. The third-order valence-corrected chi connectivity index (χ3v) is 4.45. The minimum Gasteiger partial charge on any atom is -0.367 e. The number of hydrogen-bond acceptors (Lipinski definition) is 4. The summed E-state index contributed by atoms with van der Waals surface area (Å²) >= 11 is 6.16. The van der Waals surface area contributed by atoms with Crippen molar-refractivity contribution in [2.45, 2.75) is 45.1 Å². The van der Waals surface area contributed by atoms with E-state index in [0.717, 1.165) is 36.5 Å². The highest BCUT2D eigenvalue weighted by molar-refractivity contribution is 7.84. The molecule has 1 aliphatic rings. The Kier molecular flexibility index (Phi) is 4.79. The van der Waals surface area contributed by atoms with E-state index in [9.17, 15) is 4.21 Å². The molecule has 2 unspecified atom stereocenters. The molecule has 106 valence electrons. The maximum atomic E-state index is 11.1. The van der Waals surface area contributed by atoms with E-state index >= 15 is 0 Å². The second kappa shape index (κ2) is 6.18. The zero-order valence-electron chi connectivity index (χ0n) is 11.6. The molecule has 1 heterocycles. The van der Waals surface area contributed by atoms with Crippen molar-refractivity contribution in [3.05, 3.63) is 16.5 Å². The van der Waals surface area contributed by atoms with Crippen molar-refractivity contribution in [3.8, 4) is 0 Å². The van der Waals surface area contributed by atoms with Gasteiger partial charge in [-0.2, -0.15) is 0 Å². The summed E-state index contributed by atoms with van der Waals surface area (Å²) in [4.78, 5) is 8.92. The van der Waals surface area contributed by atoms with E-state index in [4.69, 9.17) is 11.6 Å². The molecular formula is C13H20ClN3OS. The Hall–Kier alpha value is -0.680. The van der Waals surface area contributed by atoms with Crippen LogP contribution in [-0.4, -0.2) is 32.2 Å². The van der Waals surface area contributed by atoms with Crippen LogP contribution in [0.2, 0.25) is 5.15 Å². The zero-order valence-corrected chi connectivity index (χ0v) is 13.1. The topological polar surface area (TPSA) is 54.9 Å². The lowest BCUT2D eigenvalue weighted by Crippen LogP contribution is -2.20. The molecule has 1 saturated carbocycles.